The number of nitrogens with one attached hydrogen (secondary N) is 1. The van der Waals surface area contributed by atoms with Crippen LogP contribution in [0.1, 0.15) is 16.8 Å². The fraction of sp³-hybridized carbons (Fsp3) is 0.333. The highest BCUT2D eigenvalue weighted by Gasteiger charge is 2.28. The zero-order valence-corrected chi connectivity index (χ0v) is 12.2. The molecule has 5 nitrogen and oxygen atoms in total. The topological polar surface area (TPSA) is 56.2 Å². The minimum Gasteiger partial charge on any atom is -0.484 e. The van der Waals surface area contributed by atoms with E-state index in [4.69, 9.17) is 0 Å². The number of benzene rings is 1. The van der Waals surface area contributed by atoms with Gasteiger partial charge < -0.3 is 10.1 Å². The summed E-state index contributed by atoms with van der Waals surface area (Å²) in [5.74, 6) is -0.352. The van der Waals surface area contributed by atoms with Crippen molar-refractivity contribution in [3.8, 4) is 5.75 Å². The first-order valence-electron chi connectivity index (χ1n) is 6.99. The van der Waals surface area contributed by atoms with E-state index < -0.39 is 12.8 Å². The third-order valence-electron chi connectivity index (χ3n) is 2.91. The molecule has 1 N–H and O–H groups in total. The van der Waals surface area contributed by atoms with Crippen LogP contribution in [0, 0.1) is 0 Å². The van der Waals surface area contributed by atoms with E-state index in [2.05, 4.69) is 15.2 Å². The molecule has 1 aromatic carbocycles. The molecule has 1 heterocycles. The van der Waals surface area contributed by atoms with Gasteiger partial charge in [0.2, 0.25) is 0 Å². The molecule has 0 atom stereocenters. The molecule has 0 aliphatic carbocycles. The SMILES string of the molecule is O=C(NCCCn1cccn1)c1cccc(OCC(F)(F)F)c1. The molecule has 0 unspecified atom stereocenters. The average Bonchev–Trinajstić information content (AvgIpc) is 3.02. The van der Waals surface area contributed by atoms with Crippen molar-refractivity contribution >= 4 is 5.91 Å². The molecule has 0 bridgehead atoms. The maximum Gasteiger partial charge on any atom is 0.422 e. The van der Waals surface area contributed by atoms with Crippen LogP contribution in [0.25, 0.3) is 0 Å². The van der Waals surface area contributed by atoms with Crippen molar-refractivity contribution < 1.29 is 22.7 Å². The number of amides is 1. The number of aromatic nitrogens is 2. The second kappa shape index (κ2) is 7.66. The number of hydrogen-bond donors (Lipinski definition) is 1. The maximum absolute atomic E-state index is 12.1. The number of aryl methyl sites for hydroxylation is 1. The third-order valence-corrected chi connectivity index (χ3v) is 2.91. The molecule has 0 spiro atoms. The number of halogens is 3. The molecule has 0 radical (unpaired) electrons. The van der Waals surface area contributed by atoms with Crippen molar-refractivity contribution in [1.82, 2.24) is 15.1 Å². The number of carbonyl (C=O) groups excluding carboxylic acids is 1. The predicted molar refractivity (Wildman–Crippen MR) is 77.2 cm³/mol. The van der Waals surface area contributed by atoms with Gasteiger partial charge in [-0.3, -0.25) is 9.48 Å². The van der Waals surface area contributed by atoms with Gasteiger partial charge in [-0.15, -0.1) is 0 Å². The lowest BCUT2D eigenvalue weighted by Gasteiger charge is -2.10. The van der Waals surface area contributed by atoms with Crippen LogP contribution in [-0.2, 0) is 6.54 Å². The molecule has 1 amide bonds. The molecular weight excluding hydrogens is 311 g/mol. The van der Waals surface area contributed by atoms with Gasteiger partial charge in [-0.05, 0) is 30.7 Å². The van der Waals surface area contributed by atoms with Gasteiger partial charge in [-0.25, -0.2) is 0 Å². The highest BCUT2D eigenvalue weighted by Crippen LogP contribution is 2.19. The molecular formula is C15H16F3N3O2. The van der Waals surface area contributed by atoms with E-state index in [1.54, 1.807) is 10.9 Å². The smallest absolute Gasteiger partial charge is 0.422 e. The van der Waals surface area contributed by atoms with Crippen LogP contribution in [0.3, 0.4) is 0 Å². The molecule has 1 aromatic heterocycles. The van der Waals surface area contributed by atoms with E-state index in [9.17, 15) is 18.0 Å². The molecule has 0 saturated heterocycles. The highest BCUT2D eigenvalue weighted by atomic mass is 19.4. The van der Waals surface area contributed by atoms with Crippen molar-refractivity contribution in [2.45, 2.75) is 19.1 Å². The summed E-state index contributed by atoms with van der Waals surface area (Å²) in [6.07, 6.45) is -0.225. The average molecular weight is 327 g/mol. The largest absolute Gasteiger partial charge is 0.484 e. The molecule has 0 aliphatic heterocycles. The van der Waals surface area contributed by atoms with Gasteiger partial charge in [-0.2, -0.15) is 18.3 Å². The summed E-state index contributed by atoms with van der Waals surface area (Å²) in [4.78, 5) is 11.9. The molecule has 0 aliphatic rings. The molecule has 0 saturated carbocycles. The first-order chi connectivity index (χ1) is 10.9. The van der Waals surface area contributed by atoms with Crippen LogP contribution in [-0.4, -0.2) is 35.0 Å². The van der Waals surface area contributed by atoms with Crippen molar-refractivity contribution in [3.05, 3.63) is 48.3 Å². The van der Waals surface area contributed by atoms with Crippen molar-refractivity contribution in [2.24, 2.45) is 0 Å². The van der Waals surface area contributed by atoms with E-state index in [1.807, 2.05) is 12.3 Å². The zero-order chi connectivity index (χ0) is 16.7. The Kier molecular flexibility index (Phi) is 5.61. The summed E-state index contributed by atoms with van der Waals surface area (Å²) in [6.45, 7) is -0.281. The number of carbonyl (C=O) groups is 1. The van der Waals surface area contributed by atoms with Crippen molar-refractivity contribution in [3.63, 3.8) is 0 Å². The Balaban J connectivity index is 1.79. The Morgan fingerprint density at radius 2 is 2.13 bits per heavy atom. The molecule has 124 valence electrons. The van der Waals surface area contributed by atoms with E-state index in [0.29, 0.717) is 19.5 Å². The number of hydrogen-bond acceptors (Lipinski definition) is 3. The number of alkyl halides is 3. The van der Waals surface area contributed by atoms with Crippen LogP contribution < -0.4 is 10.1 Å². The van der Waals surface area contributed by atoms with Crippen LogP contribution in [0.4, 0.5) is 13.2 Å². The Hall–Kier alpha value is -2.51. The number of nitrogens with zero attached hydrogens (tertiary/aromatic N) is 2. The van der Waals surface area contributed by atoms with Crippen LogP contribution >= 0.6 is 0 Å². The second-order valence-electron chi connectivity index (χ2n) is 4.81. The summed E-state index contributed by atoms with van der Waals surface area (Å²) in [6, 6.07) is 7.47. The Morgan fingerprint density at radius 1 is 1.30 bits per heavy atom. The minimum atomic E-state index is -4.41. The fourth-order valence-electron chi connectivity index (χ4n) is 1.87. The van der Waals surface area contributed by atoms with Crippen LogP contribution in [0.2, 0.25) is 0 Å². The van der Waals surface area contributed by atoms with E-state index in [1.165, 1.54) is 24.3 Å². The summed E-state index contributed by atoms with van der Waals surface area (Å²) >= 11 is 0. The molecule has 2 aromatic rings. The van der Waals surface area contributed by atoms with Crippen LogP contribution in [0.5, 0.6) is 5.75 Å². The van der Waals surface area contributed by atoms with E-state index >= 15 is 0 Å². The molecule has 0 fully saturated rings. The first-order valence-corrected chi connectivity index (χ1v) is 6.99. The van der Waals surface area contributed by atoms with Crippen LogP contribution in [0.15, 0.2) is 42.7 Å². The Bertz CT molecular complexity index is 627. The van der Waals surface area contributed by atoms with Gasteiger partial charge in [0.15, 0.2) is 6.61 Å². The fourth-order valence-corrected chi connectivity index (χ4v) is 1.87. The molecule has 8 heteroatoms. The third kappa shape index (κ3) is 6.01. The normalized spacial score (nSPS) is 11.3. The zero-order valence-electron chi connectivity index (χ0n) is 12.2. The standard InChI is InChI=1S/C15H16F3N3O2/c16-15(17,18)11-23-13-5-1-4-12(10-13)14(22)19-6-2-8-21-9-3-7-20-21/h1,3-5,7,9-10H,2,6,8,11H2,(H,19,22). The van der Waals surface area contributed by atoms with Gasteiger partial charge >= 0.3 is 6.18 Å². The van der Waals surface area contributed by atoms with Gasteiger partial charge in [0, 0.05) is 31.0 Å². The summed E-state index contributed by atoms with van der Waals surface area (Å²) in [5.41, 5.74) is 0.253. The number of ether oxygens (including phenoxy) is 1. The van der Waals surface area contributed by atoms with E-state index in [-0.39, 0.29) is 17.2 Å². The van der Waals surface area contributed by atoms with Gasteiger partial charge in [-0.1, -0.05) is 6.07 Å². The predicted octanol–water partition coefficient (Wildman–Crippen LogP) is 2.64. The maximum atomic E-state index is 12.1. The monoisotopic (exact) mass is 327 g/mol. The summed E-state index contributed by atoms with van der Waals surface area (Å²) in [7, 11) is 0. The molecule has 2 rings (SSSR count). The lowest BCUT2D eigenvalue weighted by molar-refractivity contribution is -0.153. The molecule has 23 heavy (non-hydrogen) atoms. The van der Waals surface area contributed by atoms with Gasteiger partial charge in [0.25, 0.3) is 5.91 Å². The first kappa shape index (κ1) is 16.9. The lowest BCUT2D eigenvalue weighted by atomic mass is 10.2. The lowest BCUT2D eigenvalue weighted by Crippen LogP contribution is -2.25. The van der Waals surface area contributed by atoms with Gasteiger partial charge in [0.05, 0.1) is 0 Å². The number of rotatable bonds is 7. The summed E-state index contributed by atoms with van der Waals surface area (Å²) < 4.78 is 42.7. The second-order valence-corrected chi connectivity index (χ2v) is 4.81. The Morgan fingerprint density at radius 3 is 2.83 bits per heavy atom. The van der Waals surface area contributed by atoms with Crippen molar-refractivity contribution in [1.29, 1.82) is 0 Å². The Labute approximate surface area is 131 Å². The highest BCUT2D eigenvalue weighted by molar-refractivity contribution is 5.94. The van der Waals surface area contributed by atoms with E-state index in [0.717, 1.165) is 0 Å². The quantitative estimate of drug-likeness (QED) is 0.796. The van der Waals surface area contributed by atoms with Crippen molar-refractivity contribution in [2.75, 3.05) is 13.2 Å². The van der Waals surface area contributed by atoms with Gasteiger partial charge in [0.1, 0.15) is 5.75 Å². The summed E-state index contributed by atoms with van der Waals surface area (Å²) in [5, 5.41) is 6.74. The minimum absolute atomic E-state index is 0.00603.